The first-order valence-electron chi connectivity index (χ1n) is 11.5. The quantitative estimate of drug-likeness (QED) is 0.159. The van der Waals surface area contributed by atoms with Crippen LogP contribution >= 0.6 is 27.5 Å². The van der Waals surface area contributed by atoms with Gasteiger partial charge in [0.25, 0.3) is 0 Å². The second-order valence-corrected chi connectivity index (χ2v) is 9.41. The lowest BCUT2D eigenvalue weighted by Gasteiger charge is -2.14. The van der Waals surface area contributed by atoms with E-state index in [4.69, 9.17) is 21.1 Å². The minimum absolute atomic E-state index is 0.0182. The maximum absolute atomic E-state index is 14.0. The Balaban J connectivity index is 1.50. The lowest BCUT2D eigenvalue weighted by Crippen LogP contribution is -2.12. The van der Waals surface area contributed by atoms with Gasteiger partial charge in [0, 0.05) is 27.8 Å². The van der Waals surface area contributed by atoms with Crippen molar-refractivity contribution in [1.29, 1.82) is 0 Å². The van der Waals surface area contributed by atoms with Crippen molar-refractivity contribution in [1.82, 2.24) is 0 Å². The first-order valence-corrected chi connectivity index (χ1v) is 12.6. The van der Waals surface area contributed by atoms with Crippen LogP contribution in [0.15, 0.2) is 95.5 Å². The van der Waals surface area contributed by atoms with Crippen LogP contribution in [0.1, 0.15) is 27.0 Å². The zero-order valence-electron chi connectivity index (χ0n) is 20.2. The predicted octanol–water partition coefficient (Wildman–Crippen LogP) is 7.71. The molecule has 0 radical (unpaired) electrons. The lowest BCUT2D eigenvalue weighted by atomic mass is 10.0. The maximum atomic E-state index is 14.0. The van der Waals surface area contributed by atoms with Crippen molar-refractivity contribution in [2.75, 3.05) is 12.4 Å². The van der Waals surface area contributed by atoms with Gasteiger partial charge in [-0.3, -0.25) is 9.59 Å². The molecule has 0 aliphatic rings. The van der Waals surface area contributed by atoms with Gasteiger partial charge in [-0.15, -0.1) is 0 Å². The van der Waals surface area contributed by atoms with Gasteiger partial charge in [0.15, 0.2) is 17.3 Å². The topological polar surface area (TPSA) is 64.6 Å². The molecule has 4 aromatic rings. The average molecular weight is 595 g/mol. The highest BCUT2D eigenvalue weighted by atomic mass is 79.9. The van der Waals surface area contributed by atoms with Gasteiger partial charge in [-0.05, 0) is 64.0 Å². The van der Waals surface area contributed by atoms with Crippen molar-refractivity contribution in [3.05, 3.63) is 129 Å². The molecule has 0 spiro atoms. The summed E-state index contributed by atoms with van der Waals surface area (Å²) in [5.41, 5.74) is 2.17. The molecule has 0 atom stereocenters. The van der Waals surface area contributed by atoms with Crippen LogP contribution in [0.3, 0.4) is 0 Å². The van der Waals surface area contributed by atoms with Crippen LogP contribution in [0.25, 0.3) is 6.08 Å². The molecule has 0 fully saturated rings. The molecule has 5 nitrogen and oxygen atoms in total. The van der Waals surface area contributed by atoms with E-state index in [2.05, 4.69) is 21.2 Å². The Bertz CT molecular complexity index is 1510. The number of anilines is 1. The molecule has 0 saturated carbocycles. The summed E-state index contributed by atoms with van der Waals surface area (Å²) in [6, 6.07) is 23.3. The third-order valence-corrected chi connectivity index (χ3v) is 6.35. The highest BCUT2D eigenvalue weighted by Gasteiger charge is 2.16. The zero-order valence-corrected chi connectivity index (χ0v) is 22.6. The van der Waals surface area contributed by atoms with Crippen LogP contribution < -0.4 is 14.8 Å². The van der Waals surface area contributed by atoms with Gasteiger partial charge >= 0.3 is 0 Å². The molecular formula is C30H22BrClFNO4. The van der Waals surface area contributed by atoms with Crippen molar-refractivity contribution < 1.29 is 23.5 Å². The molecule has 8 heteroatoms. The van der Waals surface area contributed by atoms with Crippen molar-refractivity contribution in [3.8, 4) is 11.5 Å². The molecule has 1 amide bonds. The van der Waals surface area contributed by atoms with E-state index in [0.717, 1.165) is 0 Å². The number of methoxy groups -OCH3 is 1. The number of amides is 1. The van der Waals surface area contributed by atoms with Gasteiger partial charge in [0.1, 0.15) is 12.4 Å². The predicted molar refractivity (Wildman–Crippen MR) is 150 cm³/mol. The first kappa shape index (κ1) is 27.1. The number of carbonyl (C=O) groups is 2. The molecule has 0 aromatic heterocycles. The average Bonchev–Trinajstić information content (AvgIpc) is 2.93. The molecule has 1 N–H and O–H groups in total. The molecule has 4 aromatic carbocycles. The molecule has 192 valence electrons. The van der Waals surface area contributed by atoms with Crippen LogP contribution in [0.2, 0.25) is 5.02 Å². The smallest absolute Gasteiger partial charge is 0.248 e. The molecule has 38 heavy (non-hydrogen) atoms. The van der Waals surface area contributed by atoms with Gasteiger partial charge in [-0.25, -0.2) is 4.39 Å². The molecule has 0 aliphatic carbocycles. The van der Waals surface area contributed by atoms with Gasteiger partial charge in [0.05, 0.1) is 17.3 Å². The Kier molecular flexibility index (Phi) is 8.94. The van der Waals surface area contributed by atoms with Crippen molar-refractivity contribution in [3.63, 3.8) is 0 Å². The molecule has 0 aliphatic heterocycles. The third-order valence-electron chi connectivity index (χ3n) is 5.53. The third kappa shape index (κ3) is 6.68. The van der Waals surface area contributed by atoms with Crippen molar-refractivity contribution in [2.24, 2.45) is 0 Å². The number of hydrogen-bond donors (Lipinski definition) is 1. The molecule has 4 rings (SSSR count). The summed E-state index contributed by atoms with van der Waals surface area (Å²) < 4.78 is 25.8. The minimum Gasteiger partial charge on any atom is -0.493 e. The Labute approximate surface area is 233 Å². The van der Waals surface area contributed by atoms with Crippen LogP contribution in [0.4, 0.5) is 10.1 Å². The van der Waals surface area contributed by atoms with Crippen molar-refractivity contribution >= 4 is 51.0 Å². The van der Waals surface area contributed by atoms with Crippen LogP contribution in [-0.4, -0.2) is 18.8 Å². The monoisotopic (exact) mass is 593 g/mol. The van der Waals surface area contributed by atoms with E-state index >= 15 is 0 Å². The summed E-state index contributed by atoms with van der Waals surface area (Å²) in [4.78, 5) is 25.7. The van der Waals surface area contributed by atoms with Gasteiger partial charge in [-0.1, -0.05) is 60.1 Å². The number of carbonyl (C=O) groups excluding carboxylic acids is 2. The Morgan fingerprint density at radius 2 is 1.74 bits per heavy atom. The zero-order chi connectivity index (χ0) is 27.1. The fraction of sp³-hybridized carbons (Fsp3) is 0.0667. The second kappa shape index (κ2) is 12.5. The fourth-order valence-electron chi connectivity index (χ4n) is 3.65. The van der Waals surface area contributed by atoms with E-state index in [9.17, 15) is 14.0 Å². The van der Waals surface area contributed by atoms with Crippen molar-refractivity contribution in [2.45, 2.75) is 6.61 Å². The summed E-state index contributed by atoms with van der Waals surface area (Å²) in [6.45, 7) is 0.0182. The normalized spacial score (nSPS) is 10.8. The van der Waals surface area contributed by atoms with E-state index in [0.29, 0.717) is 43.4 Å². The first-order chi connectivity index (χ1) is 18.4. The summed E-state index contributed by atoms with van der Waals surface area (Å²) >= 11 is 9.59. The SMILES string of the molecule is COc1cc(/C=C/C(=O)Nc2ccc(Cl)cc2C(=O)c2ccccc2)cc(Br)c1OCc1ccccc1F. The van der Waals surface area contributed by atoms with E-state index < -0.39 is 5.91 Å². The Morgan fingerprint density at radius 1 is 1.00 bits per heavy atom. The number of ketones is 1. The van der Waals surface area contributed by atoms with E-state index in [1.54, 1.807) is 72.8 Å². The van der Waals surface area contributed by atoms with Gasteiger partial charge < -0.3 is 14.8 Å². The molecule has 0 bridgehead atoms. The number of nitrogens with one attached hydrogen (secondary N) is 1. The van der Waals surface area contributed by atoms with Gasteiger partial charge in [0.2, 0.25) is 5.91 Å². The standard InChI is InChI=1S/C30H22BrClFNO4/c1-37-27-16-19(15-24(31)30(27)38-18-21-9-5-6-10-25(21)33)11-14-28(35)34-26-13-12-22(32)17-23(26)29(36)20-7-3-2-4-8-20/h2-17H,18H2,1H3,(H,34,35)/b14-11+. The van der Waals surface area contributed by atoms with E-state index in [-0.39, 0.29) is 23.8 Å². The van der Waals surface area contributed by atoms with E-state index in [1.807, 2.05) is 6.07 Å². The number of halogens is 3. The molecule has 0 unspecified atom stereocenters. The second-order valence-electron chi connectivity index (χ2n) is 8.12. The maximum Gasteiger partial charge on any atom is 0.248 e. The summed E-state index contributed by atoms with van der Waals surface area (Å²) in [7, 11) is 1.49. The largest absolute Gasteiger partial charge is 0.493 e. The number of ether oxygens (including phenoxy) is 2. The van der Waals surface area contributed by atoms with E-state index in [1.165, 1.54) is 25.3 Å². The molecule has 0 heterocycles. The Morgan fingerprint density at radius 3 is 2.47 bits per heavy atom. The van der Waals surface area contributed by atoms with Crippen LogP contribution in [0, 0.1) is 5.82 Å². The lowest BCUT2D eigenvalue weighted by molar-refractivity contribution is -0.111. The van der Waals surface area contributed by atoms with Crippen LogP contribution in [-0.2, 0) is 11.4 Å². The highest BCUT2D eigenvalue weighted by Crippen LogP contribution is 2.37. The Hall–Kier alpha value is -3.94. The number of benzene rings is 4. The summed E-state index contributed by atoms with van der Waals surface area (Å²) in [5, 5.41) is 3.13. The molecular weight excluding hydrogens is 573 g/mol. The highest BCUT2D eigenvalue weighted by molar-refractivity contribution is 9.10. The summed E-state index contributed by atoms with van der Waals surface area (Å²) in [6.07, 6.45) is 2.93. The van der Waals surface area contributed by atoms with Crippen LogP contribution in [0.5, 0.6) is 11.5 Å². The number of rotatable bonds is 9. The minimum atomic E-state index is -0.440. The fourth-order valence-corrected chi connectivity index (χ4v) is 4.39. The van der Waals surface area contributed by atoms with Gasteiger partial charge in [-0.2, -0.15) is 0 Å². The molecule has 0 saturated heterocycles. The number of hydrogen-bond acceptors (Lipinski definition) is 4. The summed E-state index contributed by atoms with van der Waals surface area (Å²) in [5.74, 6) is -0.245.